The number of nitrogens with one attached hydrogen (secondary N) is 2. The maximum Gasteiger partial charge on any atom is 0.334 e. The number of amides is 2. The SMILES string of the molecule is CN1CCC(N(c2cnn(CC(F)F)c2)S(=O)(=O)NC(=O)Nc2c3c(cc4c2CCC4)CCC3)CC1.[Na]. The van der Waals surface area contributed by atoms with Crippen molar-refractivity contribution in [2.75, 3.05) is 29.8 Å². The summed E-state index contributed by atoms with van der Waals surface area (Å²) < 4.78 is 57.2. The number of halogens is 2. The van der Waals surface area contributed by atoms with E-state index in [1.165, 1.54) is 23.5 Å². The summed E-state index contributed by atoms with van der Waals surface area (Å²) in [4.78, 5) is 15.2. The van der Waals surface area contributed by atoms with Crippen LogP contribution in [0.2, 0.25) is 0 Å². The first-order valence-electron chi connectivity index (χ1n) is 12.5. The zero-order valence-corrected chi connectivity index (χ0v) is 24.2. The van der Waals surface area contributed by atoms with E-state index >= 15 is 0 Å². The van der Waals surface area contributed by atoms with Crippen LogP contribution in [0.5, 0.6) is 0 Å². The molecule has 3 aliphatic rings. The van der Waals surface area contributed by atoms with Crippen LogP contribution >= 0.6 is 0 Å². The number of alkyl halides is 2. The average Bonchev–Trinajstić information content (AvgIpc) is 3.55. The van der Waals surface area contributed by atoms with Crippen molar-refractivity contribution in [2.45, 2.75) is 70.4 Å². The second-order valence-electron chi connectivity index (χ2n) is 9.94. The zero-order valence-electron chi connectivity index (χ0n) is 21.3. The summed E-state index contributed by atoms with van der Waals surface area (Å²) in [5.74, 6) is 0. The molecular weight excluding hydrogens is 513 g/mol. The number of anilines is 2. The van der Waals surface area contributed by atoms with Crippen molar-refractivity contribution in [3.63, 3.8) is 0 Å². The molecule has 13 heteroatoms. The van der Waals surface area contributed by atoms with Crippen molar-refractivity contribution in [1.29, 1.82) is 0 Å². The van der Waals surface area contributed by atoms with Crippen molar-refractivity contribution in [1.82, 2.24) is 19.4 Å². The Hall–Kier alpha value is -1.73. The van der Waals surface area contributed by atoms with Crippen molar-refractivity contribution in [2.24, 2.45) is 0 Å². The summed E-state index contributed by atoms with van der Waals surface area (Å²) in [7, 11) is -2.39. The van der Waals surface area contributed by atoms with Crippen LogP contribution in [-0.4, -0.2) is 91.3 Å². The quantitative estimate of drug-likeness (QED) is 0.522. The fraction of sp³-hybridized carbons (Fsp3) is 0.583. The van der Waals surface area contributed by atoms with E-state index in [1.54, 1.807) is 0 Å². The van der Waals surface area contributed by atoms with Gasteiger partial charge in [-0.15, -0.1) is 0 Å². The van der Waals surface area contributed by atoms with Gasteiger partial charge in [0.2, 0.25) is 0 Å². The number of carbonyl (C=O) groups excluding carboxylic acids is 1. The van der Waals surface area contributed by atoms with Gasteiger partial charge in [-0.25, -0.2) is 22.6 Å². The van der Waals surface area contributed by atoms with Gasteiger partial charge in [0, 0.05) is 47.5 Å². The standard InChI is InChI=1S/C24H32F2N6O3S.Na/c1-30-10-8-18(9-11-30)32(19-13-27-31(14-19)15-22(25)26)36(34,35)29-24(33)28-23-20-6-2-4-16(20)12-17-5-3-7-21(17)23;/h12-14,18,22H,2-11,15H2,1H3,(H2,28,29,33);. The van der Waals surface area contributed by atoms with Gasteiger partial charge in [-0.05, 0) is 93.8 Å². The van der Waals surface area contributed by atoms with Crippen molar-refractivity contribution in [3.05, 3.63) is 40.7 Å². The number of aryl methyl sites for hydroxylation is 2. The Morgan fingerprint density at radius 2 is 1.76 bits per heavy atom. The number of benzene rings is 1. The molecular formula is C24H32F2N6NaO3S. The molecule has 2 aromatic rings. The van der Waals surface area contributed by atoms with Gasteiger partial charge < -0.3 is 10.2 Å². The first kappa shape index (κ1) is 28.3. The fourth-order valence-corrected chi connectivity index (χ4v) is 7.11. The normalized spacial score (nSPS) is 17.8. The number of carbonyl (C=O) groups is 1. The Bertz CT molecular complexity index is 1220. The predicted molar refractivity (Wildman–Crippen MR) is 139 cm³/mol. The summed E-state index contributed by atoms with van der Waals surface area (Å²) in [5, 5.41) is 6.78. The van der Waals surface area contributed by atoms with Gasteiger partial charge in [0.05, 0.1) is 11.9 Å². The molecule has 0 saturated carbocycles. The molecule has 2 amide bonds. The molecule has 37 heavy (non-hydrogen) atoms. The molecule has 2 heterocycles. The molecule has 1 aromatic heterocycles. The van der Waals surface area contributed by atoms with Crippen LogP contribution < -0.4 is 14.3 Å². The van der Waals surface area contributed by atoms with E-state index in [0.717, 1.165) is 64.3 Å². The molecule has 2 N–H and O–H groups in total. The Labute approximate surface area is 238 Å². The van der Waals surface area contributed by atoms with Crippen LogP contribution in [0.3, 0.4) is 0 Å². The summed E-state index contributed by atoms with van der Waals surface area (Å²) in [6.45, 7) is 0.714. The molecule has 1 radical (unpaired) electrons. The second kappa shape index (κ2) is 11.6. The van der Waals surface area contributed by atoms with Crippen molar-refractivity contribution >= 4 is 57.2 Å². The number of fused-ring (bicyclic) bond motifs is 2. The number of aromatic nitrogens is 2. The molecule has 1 saturated heterocycles. The molecule has 0 spiro atoms. The van der Waals surface area contributed by atoms with Crippen LogP contribution in [0.25, 0.3) is 0 Å². The Balaban J connectivity index is 0.00000320. The molecule has 0 unspecified atom stereocenters. The topological polar surface area (TPSA) is 99.6 Å². The van der Waals surface area contributed by atoms with E-state index in [-0.39, 0.29) is 35.2 Å². The molecule has 197 valence electrons. The van der Waals surface area contributed by atoms with Crippen LogP contribution in [0, 0.1) is 0 Å². The maximum absolute atomic E-state index is 13.6. The molecule has 0 atom stereocenters. The number of rotatable bonds is 7. The van der Waals surface area contributed by atoms with E-state index in [9.17, 15) is 22.0 Å². The van der Waals surface area contributed by atoms with Gasteiger partial charge in [0.1, 0.15) is 6.54 Å². The van der Waals surface area contributed by atoms with Gasteiger partial charge in [0.25, 0.3) is 6.43 Å². The molecule has 9 nitrogen and oxygen atoms in total. The van der Waals surface area contributed by atoms with E-state index in [1.807, 2.05) is 7.05 Å². The van der Waals surface area contributed by atoms with Crippen LogP contribution in [0.4, 0.5) is 25.0 Å². The number of hydrogen-bond acceptors (Lipinski definition) is 5. The Morgan fingerprint density at radius 3 is 2.35 bits per heavy atom. The molecule has 2 aliphatic carbocycles. The Kier molecular flexibility index (Phi) is 8.84. The van der Waals surface area contributed by atoms with Crippen molar-refractivity contribution in [3.8, 4) is 0 Å². The second-order valence-corrected chi connectivity index (χ2v) is 11.5. The summed E-state index contributed by atoms with van der Waals surface area (Å²) in [6.07, 6.45) is 6.67. The average molecular weight is 546 g/mol. The monoisotopic (exact) mass is 545 g/mol. The van der Waals surface area contributed by atoms with Crippen molar-refractivity contribution < 1.29 is 22.0 Å². The first-order chi connectivity index (χ1) is 17.2. The van der Waals surface area contributed by atoms with Gasteiger partial charge in [-0.1, -0.05) is 6.07 Å². The summed E-state index contributed by atoms with van der Waals surface area (Å²) in [5.41, 5.74) is 5.57. The van der Waals surface area contributed by atoms with Crippen LogP contribution in [0.15, 0.2) is 18.5 Å². The van der Waals surface area contributed by atoms with E-state index in [0.29, 0.717) is 25.9 Å². The third kappa shape index (κ3) is 6.13. The number of urea groups is 1. The van der Waals surface area contributed by atoms with Gasteiger partial charge in [-0.2, -0.15) is 13.5 Å². The first-order valence-corrected chi connectivity index (χ1v) is 13.9. The van der Waals surface area contributed by atoms with Crippen LogP contribution in [-0.2, 0) is 42.4 Å². The number of likely N-dealkylation sites (tertiary alicyclic amines) is 1. The molecule has 0 bridgehead atoms. The minimum absolute atomic E-state index is 0. The third-order valence-electron chi connectivity index (χ3n) is 7.41. The van der Waals surface area contributed by atoms with E-state index in [2.05, 4.69) is 26.1 Å². The van der Waals surface area contributed by atoms with E-state index in [4.69, 9.17) is 0 Å². The number of piperidine rings is 1. The third-order valence-corrected chi connectivity index (χ3v) is 8.88. The minimum atomic E-state index is -4.34. The predicted octanol–water partition coefficient (Wildman–Crippen LogP) is 2.71. The summed E-state index contributed by atoms with van der Waals surface area (Å²) in [6, 6.07) is 0.992. The smallest absolute Gasteiger partial charge is 0.307 e. The van der Waals surface area contributed by atoms with Gasteiger partial charge in [0.15, 0.2) is 0 Å². The summed E-state index contributed by atoms with van der Waals surface area (Å²) >= 11 is 0. The molecule has 1 aliphatic heterocycles. The molecule has 1 fully saturated rings. The van der Waals surface area contributed by atoms with Crippen LogP contribution in [0.1, 0.15) is 47.9 Å². The number of hydrogen-bond donors (Lipinski definition) is 2. The zero-order chi connectivity index (χ0) is 25.4. The molecule has 1 aromatic carbocycles. The fourth-order valence-electron chi connectivity index (χ4n) is 5.76. The molecule has 5 rings (SSSR count). The Morgan fingerprint density at radius 1 is 1.14 bits per heavy atom. The largest absolute Gasteiger partial charge is 0.334 e. The van der Waals surface area contributed by atoms with Gasteiger partial charge in [-0.3, -0.25) is 4.68 Å². The number of nitrogens with zero attached hydrogens (tertiary/aromatic N) is 4. The van der Waals surface area contributed by atoms with Gasteiger partial charge >= 0.3 is 16.2 Å². The van der Waals surface area contributed by atoms with E-state index < -0.39 is 35.3 Å². The maximum atomic E-state index is 13.6. The minimum Gasteiger partial charge on any atom is -0.307 e.